The van der Waals surface area contributed by atoms with Crippen molar-refractivity contribution in [3.8, 4) is 0 Å². The van der Waals surface area contributed by atoms with Crippen LogP contribution in [0.15, 0.2) is 48.7 Å². The molecule has 3 rings (SSSR count). The molecular weight excluding hydrogens is 316 g/mol. The second-order valence-corrected chi connectivity index (χ2v) is 6.46. The zero-order valence-electron chi connectivity index (χ0n) is 14.6. The minimum Gasteiger partial charge on any atom is -0.358 e. The van der Waals surface area contributed by atoms with E-state index < -0.39 is 0 Å². The molecule has 25 heavy (non-hydrogen) atoms. The highest BCUT2D eigenvalue weighted by molar-refractivity contribution is 6.01. The summed E-state index contributed by atoms with van der Waals surface area (Å²) in [6, 6.07) is 12.9. The average molecular weight is 338 g/mol. The third-order valence-electron chi connectivity index (χ3n) is 4.33. The van der Waals surface area contributed by atoms with Gasteiger partial charge in [0.25, 0.3) is 5.91 Å². The van der Waals surface area contributed by atoms with Gasteiger partial charge in [-0.3, -0.25) is 9.59 Å². The molecule has 0 saturated carbocycles. The van der Waals surface area contributed by atoms with E-state index in [0.29, 0.717) is 17.8 Å². The summed E-state index contributed by atoms with van der Waals surface area (Å²) < 4.78 is 0. The first kappa shape index (κ1) is 17.0. The van der Waals surface area contributed by atoms with Crippen molar-refractivity contribution < 1.29 is 9.59 Å². The van der Waals surface area contributed by atoms with Crippen LogP contribution in [0.1, 0.15) is 23.7 Å². The first-order valence-electron chi connectivity index (χ1n) is 8.29. The first-order valence-corrected chi connectivity index (χ1v) is 8.29. The van der Waals surface area contributed by atoms with Crippen molar-refractivity contribution in [1.29, 1.82) is 0 Å². The van der Waals surface area contributed by atoms with Gasteiger partial charge in [0.2, 0.25) is 5.91 Å². The molecule has 1 fully saturated rings. The number of amides is 2. The maximum Gasteiger partial charge on any atom is 0.254 e. The Morgan fingerprint density at radius 2 is 1.92 bits per heavy atom. The lowest BCUT2D eigenvalue weighted by Crippen LogP contribution is -2.35. The van der Waals surface area contributed by atoms with Crippen molar-refractivity contribution in [2.45, 2.75) is 25.4 Å². The van der Waals surface area contributed by atoms with Gasteiger partial charge in [-0.1, -0.05) is 18.2 Å². The van der Waals surface area contributed by atoms with Crippen LogP contribution < -0.4 is 10.2 Å². The van der Waals surface area contributed by atoms with Crippen molar-refractivity contribution in [1.82, 2.24) is 9.88 Å². The molecule has 1 N–H and O–H groups in total. The molecule has 2 heterocycles. The lowest BCUT2D eigenvalue weighted by Gasteiger charge is -2.21. The molecule has 0 aliphatic carbocycles. The van der Waals surface area contributed by atoms with Crippen molar-refractivity contribution in [2.75, 3.05) is 24.3 Å². The number of rotatable bonds is 4. The molecule has 1 aliphatic rings. The summed E-state index contributed by atoms with van der Waals surface area (Å²) in [5, 5.41) is 3.19. The Labute approximate surface area is 147 Å². The van der Waals surface area contributed by atoms with Gasteiger partial charge in [-0.25, -0.2) is 4.98 Å². The summed E-state index contributed by atoms with van der Waals surface area (Å²) in [5.74, 6) is 0.532. The van der Waals surface area contributed by atoms with E-state index in [1.165, 1.54) is 11.1 Å². The first-order chi connectivity index (χ1) is 12.0. The summed E-state index contributed by atoms with van der Waals surface area (Å²) >= 11 is 0. The summed E-state index contributed by atoms with van der Waals surface area (Å²) in [7, 11) is 3.40. The predicted molar refractivity (Wildman–Crippen MR) is 97.7 cm³/mol. The molecule has 0 bridgehead atoms. The smallest absolute Gasteiger partial charge is 0.254 e. The molecule has 130 valence electrons. The number of para-hydroxylation sites is 1. The number of nitrogens with one attached hydrogen (secondary N) is 1. The van der Waals surface area contributed by atoms with Crippen molar-refractivity contribution in [2.24, 2.45) is 0 Å². The SMILES string of the molecule is C[C@@H]1C[C@@H](Nc2ccc(C(=O)N(C)C)cn2)C(=O)N1c1ccccc1. The number of carbonyl (C=O) groups excluding carboxylic acids is 2. The summed E-state index contributed by atoms with van der Waals surface area (Å²) in [6.07, 6.45) is 2.23. The quantitative estimate of drug-likeness (QED) is 0.930. The van der Waals surface area contributed by atoms with Gasteiger partial charge >= 0.3 is 0 Å². The molecule has 1 aromatic carbocycles. The van der Waals surface area contributed by atoms with E-state index in [9.17, 15) is 9.59 Å². The Morgan fingerprint density at radius 1 is 1.20 bits per heavy atom. The number of anilines is 2. The molecule has 6 nitrogen and oxygen atoms in total. The second kappa shape index (κ2) is 6.93. The summed E-state index contributed by atoms with van der Waals surface area (Å²) in [4.78, 5) is 32.3. The van der Waals surface area contributed by atoms with Crippen molar-refractivity contribution in [3.63, 3.8) is 0 Å². The minimum absolute atomic E-state index is 0.0361. The number of benzene rings is 1. The molecule has 2 amide bonds. The molecule has 2 atom stereocenters. The number of carbonyl (C=O) groups is 2. The fraction of sp³-hybridized carbons (Fsp3) is 0.316. The molecule has 0 radical (unpaired) electrons. The predicted octanol–water partition coefficient (Wildman–Crippen LogP) is 2.39. The number of pyridine rings is 1. The van der Waals surface area contributed by atoms with Gasteiger partial charge in [0.15, 0.2) is 0 Å². The molecule has 1 aliphatic heterocycles. The fourth-order valence-corrected chi connectivity index (χ4v) is 3.07. The number of hydrogen-bond donors (Lipinski definition) is 1. The van der Waals surface area contributed by atoms with Crippen molar-refractivity contribution >= 4 is 23.3 Å². The molecule has 1 aromatic heterocycles. The zero-order valence-corrected chi connectivity index (χ0v) is 14.6. The fourth-order valence-electron chi connectivity index (χ4n) is 3.07. The third-order valence-corrected chi connectivity index (χ3v) is 4.33. The Kier molecular flexibility index (Phi) is 4.70. The van der Waals surface area contributed by atoms with Crippen LogP contribution in [0.3, 0.4) is 0 Å². The van der Waals surface area contributed by atoms with Crippen LogP contribution in [0.5, 0.6) is 0 Å². The highest BCUT2D eigenvalue weighted by Crippen LogP contribution is 2.28. The van der Waals surface area contributed by atoms with E-state index in [1.54, 1.807) is 26.2 Å². The van der Waals surface area contributed by atoms with Crippen LogP contribution in [0.2, 0.25) is 0 Å². The Bertz CT molecular complexity index is 759. The standard InChI is InChI=1S/C19H22N4O2/c1-13-11-16(19(25)23(13)15-7-5-4-6-8-15)21-17-10-9-14(12-20-17)18(24)22(2)3/h4-10,12-13,16H,11H2,1-3H3,(H,20,21)/t13-,16-/m1/s1. The van der Waals surface area contributed by atoms with Crippen LogP contribution in [0, 0.1) is 0 Å². The van der Waals surface area contributed by atoms with E-state index in [2.05, 4.69) is 10.3 Å². The molecule has 0 unspecified atom stereocenters. The van der Waals surface area contributed by atoms with Crippen LogP contribution in [-0.4, -0.2) is 47.9 Å². The summed E-state index contributed by atoms with van der Waals surface area (Å²) in [6.45, 7) is 2.04. The number of aromatic nitrogens is 1. The van der Waals surface area contributed by atoms with E-state index >= 15 is 0 Å². The number of nitrogens with zero attached hydrogens (tertiary/aromatic N) is 3. The minimum atomic E-state index is -0.321. The normalized spacial score (nSPS) is 19.8. The average Bonchev–Trinajstić information content (AvgIpc) is 2.89. The highest BCUT2D eigenvalue weighted by Gasteiger charge is 2.38. The maximum absolute atomic E-state index is 12.8. The Balaban J connectivity index is 1.71. The largest absolute Gasteiger partial charge is 0.358 e. The summed E-state index contributed by atoms with van der Waals surface area (Å²) in [5.41, 5.74) is 1.43. The Morgan fingerprint density at radius 3 is 2.52 bits per heavy atom. The van der Waals surface area contributed by atoms with Crippen LogP contribution >= 0.6 is 0 Å². The molecular formula is C19H22N4O2. The molecule has 0 spiro atoms. The maximum atomic E-state index is 12.8. The van der Waals surface area contributed by atoms with Crippen LogP contribution in [0.25, 0.3) is 0 Å². The van der Waals surface area contributed by atoms with E-state index in [4.69, 9.17) is 0 Å². The van der Waals surface area contributed by atoms with Crippen molar-refractivity contribution in [3.05, 3.63) is 54.2 Å². The second-order valence-electron chi connectivity index (χ2n) is 6.46. The molecule has 2 aromatic rings. The number of hydrogen-bond acceptors (Lipinski definition) is 4. The lowest BCUT2D eigenvalue weighted by molar-refractivity contribution is -0.117. The zero-order chi connectivity index (χ0) is 18.0. The highest BCUT2D eigenvalue weighted by atomic mass is 16.2. The van der Waals surface area contributed by atoms with Gasteiger partial charge in [0.1, 0.15) is 11.9 Å². The van der Waals surface area contributed by atoms with Gasteiger partial charge in [0, 0.05) is 32.0 Å². The topological polar surface area (TPSA) is 65.5 Å². The van der Waals surface area contributed by atoms with E-state index in [-0.39, 0.29) is 23.9 Å². The van der Waals surface area contributed by atoms with Gasteiger partial charge in [0.05, 0.1) is 5.56 Å². The third kappa shape index (κ3) is 3.47. The monoisotopic (exact) mass is 338 g/mol. The Hall–Kier alpha value is -2.89. The van der Waals surface area contributed by atoms with Gasteiger partial charge in [-0.15, -0.1) is 0 Å². The van der Waals surface area contributed by atoms with E-state index in [1.807, 2.05) is 42.2 Å². The van der Waals surface area contributed by atoms with Gasteiger partial charge in [-0.05, 0) is 37.6 Å². The van der Waals surface area contributed by atoms with Gasteiger partial charge < -0.3 is 15.1 Å². The lowest BCUT2D eigenvalue weighted by atomic mass is 10.2. The molecule has 6 heteroatoms. The molecule has 1 saturated heterocycles. The van der Waals surface area contributed by atoms with Crippen LogP contribution in [-0.2, 0) is 4.79 Å². The van der Waals surface area contributed by atoms with E-state index in [0.717, 1.165) is 5.69 Å². The van der Waals surface area contributed by atoms with Crippen LogP contribution in [0.4, 0.5) is 11.5 Å². The van der Waals surface area contributed by atoms with Gasteiger partial charge in [-0.2, -0.15) is 0 Å².